The Balaban J connectivity index is 1.94. The Morgan fingerprint density at radius 1 is 1.24 bits per heavy atom. The van der Waals surface area contributed by atoms with Crippen molar-refractivity contribution in [3.8, 4) is 11.3 Å². The molecule has 1 aliphatic heterocycles. The summed E-state index contributed by atoms with van der Waals surface area (Å²) in [6.07, 6.45) is -2.98. The molecule has 2 heterocycles. The van der Waals surface area contributed by atoms with Gasteiger partial charge in [-0.1, -0.05) is 42.2 Å². The number of hydrogen-bond acceptors (Lipinski definition) is 4. The van der Waals surface area contributed by atoms with E-state index in [-0.39, 0.29) is 17.2 Å². The summed E-state index contributed by atoms with van der Waals surface area (Å²) < 4.78 is 45.3. The summed E-state index contributed by atoms with van der Waals surface area (Å²) in [5, 5.41) is 0. The molecule has 130 valence electrons. The fourth-order valence-corrected chi connectivity index (χ4v) is 3.79. The molecule has 0 unspecified atom stereocenters. The van der Waals surface area contributed by atoms with E-state index in [9.17, 15) is 18.0 Å². The molecule has 0 atom stereocenters. The first-order valence-electron chi connectivity index (χ1n) is 7.33. The average molecular weight is 383 g/mol. The number of halogens is 3. The lowest BCUT2D eigenvalue weighted by molar-refractivity contribution is -0.137. The highest BCUT2D eigenvalue weighted by molar-refractivity contribution is 8.26. The molecule has 3 nitrogen and oxygen atoms in total. The normalized spacial score (nSPS) is 17.0. The number of amides is 1. The van der Waals surface area contributed by atoms with Gasteiger partial charge in [-0.15, -0.1) is 0 Å². The van der Waals surface area contributed by atoms with Crippen LogP contribution in [0.4, 0.5) is 13.2 Å². The van der Waals surface area contributed by atoms with Crippen molar-refractivity contribution in [2.45, 2.75) is 13.1 Å². The zero-order valence-corrected chi connectivity index (χ0v) is 14.6. The summed E-state index contributed by atoms with van der Waals surface area (Å²) in [6.45, 7) is 2.27. The van der Waals surface area contributed by atoms with Crippen molar-refractivity contribution in [1.82, 2.24) is 4.90 Å². The molecule has 1 saturated heterocycles. The van der Waals surface area contributed by atoms with E-state index in [1.165, 1.54) is 41.3 Å². The van der Waals surface area contributed by atoms with E-state index in [2.05, 4.69) is 0 Å². The van der Waals surface area contributed by atoms with Gasteiger partial charge in [0, 0.05) is 18.2 Å². The van der Waals surface area contributed by atoms with Gasteiger partial charge in [0.15, 0.2) is 0 Å². The number of nitrogens with zero attached hydrogens (tertiary/aromatic N) is 1. The molecule has 1 aromatic heterocycles. The smallest absolute Gasteiger partial charge is 0.417 e. The van der Waals surface area contributed by atoms with E-state index in [0.717, 1.165) is 17.8 Å². The lowest BCUT2D eigenvalue weighted by Crippen LogP contribution is -2.27. The lowest BCUT2D eigenvalue weighted by atomic mass is 10.1. The molecular weight excluding hydrogens is 371 g/mol. The number of carbonyl (C=O) groups excluding carboxylic acids is 1. The molecule has 8 heteroatoms. The van der Waals surface area contributed by atoms with Crippen LogP contribution in [0.5, 0.6) is 0 Å². The summed E-state index contributed by atoms with van der Waals surface area (Å²) in [4.78, 5) is 14.0. The number of thioether (sulfide) groups is 1. The van der Waals surface area contributed by atoms with Crippen LogP contribution >= 0.6 is 24.0 Å². The monoisotopic (exact) mass is 383 g/mol. The first kappa shape index (κ1) is 17.8. The standard InChI is InChI=1S/C17H12F3NO2S2/c1-2-21-15(22)14(25-16(21)24)9-10-7-8-13(23-10)11-5-3-4-6-12(11)17(18,19)20/h3-9H,2H2,1H3/b14-9-. The Kier molecular flexibility index (Phi) is 4.75. The fourth-order valence-electron chi connectivity index (χ4n) is 2.42. The van der Waals surface area contributed by atoms with Crippen molar-refractivity contribution < 1.29 is 22.4 Å². The van der Waals surface area contributed by atoms with Gasteiger partial charge in [-0.3, -0.25) is 9.69 Å². The van der Waals surface area contributed by atoms with E-state index < -0.39 is 11.7 Å². The second-order valence-electron chi connectivity index (χ2n) is 5.17. The molecule has 1 fully saturated rings. The molecule has 1 aromatic carbocycles. The Bertz CT molecular complexity index is 871. The summed E-state index contributed by atoms with van der Waals surface area (Å²) in [7, 11) is 0. The van der Waals surface area contributed by atoms with Crippen LogP contribution < -0.4 is 0 Å². The van der Waals surface area contributed by atoms with Gasteiger partial charge in [0.2, 0.25) is 0 Å². The van der Waals surface area contributed by atoms with Crippen molar-refractivity contribution >= 4 is 40.3 Å². The second-order valence-corrected chi connectivity index (χ2v) is 6.85. The van der Waals surface area contributed by atoms with Crippen molar-refractivity contribution in [3.63, 3.8) is 0 Å². The Morgan fingerprint density at radius 3 is 2.60 bits per heavy atom. The zero-order valence-electron chi connectivity index (χ0n) is 13.0. The van der Waals surface area contributed by atoms with Crippen LogP contribution in [0, 0.1) is 0 Å². The number of alkyl halides is 3. The number of likely N-dealkylation sites (N-methyl/N-ethyl adjacent to an activating group) is 1. The molecule has 0 saturated carbocycles. The minimum absolute atomic E-state index is 0.0456. The minimum atomic E-state index is -4.48. The summed E-state index contributed by atoms with van der Waals surface area (Å²) in [5.74, 6) is 0.153. The topological polar surface area (TPSA) is 33.5 Å². The maximum absolute atomic E-state index is 13.1. The van der Waals surface area contributed by atoms with Gasteiger partial charge >= 0.3 is 6.18 Å². The molecule has 1 amide bonds. The predicted molar refractivity (Wildman–Crippen MR) is 94.7 cm³/mol. The van der Waals surface area contributed by atoms with Crippen molar-refractivity contribution in [2.75, 3.05) is 6.54 Å². The summed E-state index contributed by atoms with van der Waals surface area (Å²) in [5.41, 5.74) is -0.816. The maximum Gasteiger partial charge on any atom is 0.417 e. The molecule has 0 N–H and O–H groups in total. The molecule has 1 aliphatic rings. The Hall–Kier alpha value is -2.06. The number of thiocarbonyl (C=S) groups is 1. The Morgan fingerprint density at radius 2 is 1.96 bits per heavy atom. The van der Waals surface area contributed by atoms with Crippen LogP contribution in [0.25, 0.3) is 17.4 Å². The maximum atomic E-state index is 13.1. The van der Waals surface area contributed by atoms with Crippen LogP contribution in [0.2, 0.25) is 0 Å². The molecule has 0 radical (unpaired) electrons. The molecule has 0 aliphatic carbocycles. The minimum Gasteiger partial charge on any atom is -0.457 e. The first-order chi connectivity index (χ1) is 11.8. The number of benzene rings is 1. The van der Waals surface area contributed by atoms with Crippen LogP contribution in [0.3, 0.4) is 0 Å². The van der Waals surface area contributed by atoms with Crippen molar-refractivity contribution in [1.29, 1.82) is 0 Å². The van der Waals surface area contributed by atoms with Crippen LogP contribution in [-0.2, 0) is 11.0 Å². The zero-order chi connectivity index (χ0) is 18.2. The van der Waals surface area contributed by atoms with Crippen LogP contribution in [-0.4, -0.2) is 21.7 Å². The highest BCUT2D eigenvalue weighted by Gasteiger charge is 2.34. The number of furan rings is 1. The third kappa shape index (κ3) is 3.50. The predicted octanol–water partition coefficient (Wildman–Crippen LogP) is 5.19. The number of hydrogen-bond donors (Lipinski definition) is 0. The van der Waals surface area contributed by atoms with Crippen LogP contribution in [0.1, 0.15) is 18.2 Å². The molecule has 0 bridgehead atoms. The van der Waals surface area contributed by atoms with Gasteiger partial charge < -0.3 is 4.42 Å². The van der Waals surface area contributed by atoms with E-state index in [0.29, 0.717) is 21.5 Å². The van der Waals surface area contributed by atoms with E-state index in [1.54, 1.807) is 0 Å². The van der Waals surface area contributed by atoms with Gasteiger partial charge in [0.05, 0.1) is 10.5 Å². The third-order valence-corrected chi connectivity index (χ3v) is 4.97. The molecular formula is C17H12F3NO2S2. The molecule has 2 aromatic rings. The molecule has 25 heavy (non-hydrogen) atoms. The second kappa shape index (κ2) is 6.68. The highest BCUT2D eigenvalue weighted by atomic mass is 32.2. The van der Waals surface area contributed by atoms with Crippen molar-refractivity contribution in [3.05, 3.63) is 52.6 Å². The lowest BCUT2D eigenvalue weighted by Gasteiger charge is -2.10. The Labute approximate surface area is 151 Å². The van der Waals surface area contributed by atoms with Crippen molar-refractivity contribution in [2.24, 2.45) is 0 Å². The molecule has 3 rings (SSSR count). The van der Waals surface area contributed by atoms with Gasteiger partial charge in [-0.05, 0) is 25.1 Å². The first-order valence-corrected chi connectivity index (χ1v) is 8.55. The molecule has 0 spiro atoms. The SMILES string of the molecule is CCN1C(=O)/C(=C/c2ccc(-c3ccccc3C(F)(F)F)o2)SC1=S. The quantitative estimate of drug-likeness (QED) is 0.540. The average Bonchev–Trinajstić information content (AvgIpc) is 3.12. The van der Waals surface area contributed by atoms with E-state index in [1.807, 2.05) is 6.92 Å². The number of carbonyl (C=O) groups is 1. The van der Waals surface area contributed by atoms with E-state index in [4.69, 9.17) is 16.6 Å². The van der Waals surface area contributed by atoms with Gasteiger partial charge in [-0.2, -0.15) is 13.2 Å². The number of rotatable bonds is 3. The fraction of sp³-hybridized carbons (Fsp3) is 0.176. The van der Waals surface area contributed by atoms with E-state index >= 15 is 0 Å². The summed E-state index contributed by atoms with van der Waals surface area (Å²) in [6, 6.07) is 8.18. The summed E-state index contributed by atoms with van der Waals surface area (Å²) >= 11 is 6.26. The van der Waals surface area contributed by atoms with Crippen LogP contribution in [0.15, 0.2) is 45.7 Å². The highest BCUT2D eigenvalue weighted by Crippen LogP contribution is 2.38. The van der Waals surface area contributed by atoms with Gasteiger partial charge in [-0.25, -0.2) is 0 Å². The van der Waals surface area contributed by atoms with Gasteiger partial charge in [0.1, 0.15) is 15.8 Å². The third-order valence-electron chi connectivity index (χ3n) is 3.59. The largest absolute Gasteiger partial charge is 0.457 e. The van der Waals surface area contributed by atoms with Gasteiger partial charge in [0.25, 0.3) is 5.91 Å².